The fourth-order valence-corrected chi connectivity index (χ4v) is 4.64. The van der Waals surface area contributed by atoms with Crippen molar-refractivity contribution in [3.8, 4) is 11.3 Å². The lowest BCUT2D eigenvalue weighted by Crippen LogP contribution is -2.53. The van der Waals surface area contributed by atoms with Gasteiger partial charge < -0.3 is 14.2 Å². The molecule has 6 nitrogen and oxygen atoms in total. The van der Waals surface area contributed by atoms with Gasteiger partial charge in [-0.2, -0.15) is 0 Å². The van der Waals surface area contributed by atoms with Crippen LogP contribution in [0, 0.1) is 17.7 Å². The van der Waals surface area contributed by atoms with Crippen LogP contribution < -0.4 is 0 Å². The largest absolute Gasteiger partial charge is 0.451 e. The molecule has 31 heavy (non-hydrogen) atoms. The van der Waals surface area contributed by atoms with Crippen LogP contribution in [0.5, 0.6) is 0 Å². The van der Waals surface area contributed by atoms with E-state index in [2.05, 4.69) is 18.7 Å². The van der Waals surface area contributed by atoms with Crippen LogP contribution in [0.2, 0.25) is 0 Å². The third kappa shape index (κ3) is 5.15. The highest BCUT2D eigenvalue weighted by Crippen LogP contribution is 2.24. The Morgan fingerprint density at radius 2 is 1.58 bits per heavy atom. The zero-order chi connectivity index (χ0) is 22.0. The number of carbonyl (C=O) groups is 2. The number of piperazine rings is 1. The summed E-state index contributed by atoms with van der Waals surface area (Å²) < 4.78 is 18.8. The minimum Gasteiger partial charge on any atom is -0.451 e. The first-order valence-electron chi connectivity index (χ1n) is 11.0. The Morgan fingerprint density at radius 1 is 0.935 bits per heavy atom. The van der Waals surface area contributed by atoms with Gasteiger partial charge in [0.2, 0.25) is 5.91 Å². The number of nitrogens with zero attached hydrogens (tertiary/aromatic N) is 3. The smallest absolute Gasteiger partial charge is 0.289 e. The van der Waals surface area contributed by atoms with Gasteiger partial charge in [-0.1, -0.05) is 13.8 Å². The number of benzene rings is 1. The highest BCUT2D eigenvalue weighted by atomic mass is 19.1. The second kappa shape index (κ2) is 9.22. The van der Waals surface area contributed by atoms with Crippen molar-refractivity contribution in [3.63, 3.8) is 0 Å². The predicted molar refractivity (Wildman–Crippen MR) is 116 cm³/mol. The molecule has 0 saturated carbocycles. The lowest BCUT2D eigenvalue weighted by atomic mass is 9.92. The van der Waals surface area contributed by atoms with E-state index < -0.39 is 0 Å². The standard InChI is InChI=1S/C24H30FN3O3/c1-17-13-18(2)15-28(14-17)23(29)16-26-9-11-27(12-10-26)24(30)22-8-7-21(31-22)19-3-5-20(25)6-4-19/h3-8,17-18H,9-16H2,1-2H3. The maximum absolute atomic E-state index is 13.1. The molecule has 0 aliphatic carbocycles. The van der Waals surface area contributed by atoms with Crippen LogP contribution >= 0.6 is 0 Å². The number of hydrogen-bond donors (Lipinski definition) is 0. The van der Waals surface area contributed by atoms with Crippen LogP contribution in [-0.2, 0) is 4.79 Å². The summed E-state index contributed by atoms with van der Waals surface area (Å²) in [6, 6.07) is 9.38. The number of furan rings is 1. The Bertz CT molecular complexity index is 908. The molecular formula is C24H30FN3O3. The SMILES string of the molecule is CC1CC(C)CN(C(=O)CN2CCN(C(=O)c3ccc(-c4ccc(F)cc4)o3)CC2)C1. The summed E-state index contributed by atoms with van der Waals surface area (Å²) in [5.74, 6) is 1.64. The monoisotopic (exact) mass is 427 g/mol. The van der Waals surface area contributed by atoms with Crippen LogP contribution in [0.4, 0.5) is 4.39 Å². The van der Waals surface area contributed by atoms with E-state index in [1.54, 1.807) is 29.2 Å². The molecule has 2 unspecified atom stereocenters. The lowest BCUT2D eigenvalue weighted by Gasteiger charge is -2.38. The first-order chi connectivity index (χ1) is 14.9. The van der Waals surface area contributed by atoms with Crippen molar-refractivity contribution >= 4 is 11.8 Å². The molecule has 2 aliphatic heterocycles. The van der Waals surface area contributed by atoms with E-state index in [1.165, 1.54) is 18.6 Å². The van der Waals surface area contributed by atoms with Crippen LogP contribution in [0.15, 0.2) is 40.8 Å². The van der Waals surface area contributed by atoms with Gasteiger partial charge in [-0.3, -0.25) is 14.5 Å². The Hall–Kier alpha value is -2.67. The number of hydrogen-bond acceptors (Lipinski definition) is 4. The molecule has 2 atom stereocenters. The number of halogens is 1. The van der Waals surface area contributed by atoms with E-state index in [0.717, 1.165) is 18.7 Å². The van der Waals surface area contributed by atoms with E-state index in [0.29, 0.717) is 50.3 Å². The van der Waals surface area contributed by atoms with Gasteiger partial charge >= 0.3 is 0 Å². The summed E-state index contributed by atoms with van der Waals surface area (Å²) in [6.07, 6.45) is 1.18. The Labute approximate surface area is 182 Å². The molecule has 2 aliphatic rings. The molecule has 1 aromatic carbocycles. The van der Waals surface area contributed by atoms with Gasteiger partial charge in [0.15, 0.2) is 5.76 Å². The molecule has 2 amide bonds. The molecule has 3 heterocycles. The first-order valence-corrected chi connectivity index (χ1v) is 11.0. The van der Waals surface area contributed by atoms with Gasteiger partial charge in [-0.15, -0.1) is 0 Å². The summed E-state index contributed by atoms with van der Waals surface area (Å²) in [5, 5.41) is 0. The summed E-state index contributed by atoms with van der Waals surface area (Å²) in [4.78, 5) is 31.4. The molecule has 0 N–H and O–H groups in total. The molecule has 4 rings (SSSR count). The van der Waals surface area contributed by atoms with Crippen molar-refractivity contribution in [3.05, 3.63) is 48.0 Å². The van der Waals surface area contributed by atoms with E-state index in [4.69, 9.17) is 4.42 Å². The third-order valence-electron chi connectivity index (χ3n) is 6.19. The van der Waals surface area contributed by atoms with Crippen molar-refractivity contribution in [1.29, 1.82) is 0 Å². The lowest BCUT2D eigenvalue weighted by molar-refractivity contribution is -0.135. The number of rotatable bonds is 4. The molecule has 0 spiro atoms. The Kier molecular flexibility index (Phi) is 6.41. The average molecular weight is 428 g/mol. The average Bonchev–Trinajstić information content (AvgIpc) is 3.24. The predicted octanol–water partition coefficient (Wildman–Crippen LogP) is 3.35. The Balaban J connectivity index is 1.29. The van der Waals surface area contributed by atoms with Gasteiger partial charge in [0, 0.05) is 44.8 Å². The van der Waals surface area contributed by atoms with Gasteiger partial charge in [0.1, 0.15) is 11.6 Å². The molecular weight excluding hydrogens is 397 g/mol. The molecule has 2 fully saturated rings. The maximum atomic E-state index is 13.1. The fraction of sp³-hybridized carbons (Fsp3) is 0.500. The first kappa shape index (κ1) is 21.6. The van der Waals surface area contributed by atoms with Gasteiger partial charge in [0.05, 0.1) is 6.54 Å². The fourth-order valence-electron chi connectivity index (χ4n) is 4.64. The minimum atomic E-state index is -0.313. The number of likely N-dealkylation sites (tertiary alicyclic amines) is 1. The maximum Gasteiger partial charge on any atom is 0.289 e. The Morgan fingerprint density at radius 3 is 2.23 bits per heavy atom. The summed E-state index contributed by atoms with van der Waals surface area (Å²) in [6.45, 7) is 8.97. The van der Waals surface area contributed by atoms with Crippen LogP contribution in [0.3, 0.4) is 0 Å². The molecule has 7 heteroatoms. The van der Waals surface area contributed by atoms with Crippen molar-refractivity contribution in [2.45, 2.75) is 20.3 Å². The molecule has 0 bridgehead atoms. The third-order valence-corrected chi connectivity index (χ3v) is 6.19. The zero-order valence-electron chi connectivity index (χ0n) is 18.2. The van der Waals surface area contributed by atoms with Crippen LogP contribution in [0.1, 0.15) is 30.8 Å². The van der Waals surface area contributed by atoms with Crippen LogP contribution in [0.25, 0.3) is 11.3 Å². The van der Waals surface area contributed by atoms with E-state index in [-0.39, 0.29) is 23.4 Å². The quantitative estimate of drug-likeness (QED) is 0.751. The number of carbonyl (C=O) groups excluding carboxylic acids is 2. The normalized spacial score (nSPS) is 22.5. The van der Waals surface area contributed by atoms with Gasteiger partial charge in [-0.25, -0.2) is 4.39 Å². The molecule has 2 aromatic rings. The zero-order valence-corrected chi connectivity index (χ0v) is 18.2. The van der Waals surface area contributed by atoms with E-state index >= 15 is 0 Å². The van der Waals surface area contributed by atoms with E-state index in [9.17, 15) is 14.0 Å². The van der Waals surface area contributed by atoms with Gasteiger partial charge in [-0.05, 0) is 54.7 Å². The van der Waals surface area contributed by atoms with Crippen LogP contribution in [-0.4, -0.2) is 72.3 Å². The van der Waals surface area contributed by atoms with Crippen molar-refractivity contribution in [2.75, 3.05) is 45.8 Å². The topological polar surface area (TPSA) is 57.0 Å². The minimum absolute atomic E-state index is 0.155. The summed E-state index contributed by atoms with van der Waals surface area (Å²) >= 11 is 0. The molecule has 2 saturated heterocycles. The summed E-state index contributed by atoms with van der Waals surface area (Å²) in [7, 11) is 0. The number of piperidine rings is 1. The molecule has 1 aromatic heterocycles. The van der Waals surface area contributed by atoms with Gasteiger partial charge in [0.25, 0.3) is 5.91 Å². The second-order valence-corrected chi connectivity index (χ2v) is 8.98. The molecule has 166 valence electrons. The second-order valence-electron chi connectivity index (χ2n) is 8.98. The van der Waals surface area contributed by atoms with Crippen molar-refractivity contribution < 1.29 is 18.4 Å². The highest BCUT2D eigenvalue weighted by Gasteiger charge is 2.29. The van der Waals surface area contributed by atoms with Crippen molar-refractivity contribution in [2.24, 2.45) is 11.8 Å². The van der Waals surface area contributed by atoms with Crippen molar-refractivity contribution in [1.82, 2.24) is 14.7 Å². The number of amides is 2. The highest BCUT2D eigenvalue weighted by molar-refractivity contribution is 5.92. The van der Waals surface area contributed by atoms with E-state index in [1.807, 2.05) is 4.90 Å². The molecule has 0 radical (unpaired) electrons. The summed E-state index contributed by atoms with van der Waals surface area (Å²) in [5.41, 5.74) is 0.727.